The van der Waals surface area contributed by atoms with Crippen LogP contribution in [0, 0.1) is 23.7 Å². The molecule has 4 atom stereocenters. The van der Waals surface area contributed by atoms with E-state index in [9.17, 15) is 4.57 Å². The molecule has 136 valence electrons. The van der Waals surface area contributed by atoms with Crippen molar-refractivity contribution >= 4 is 12.8 Å². The molecular formula is C20H34NO2P. The zero-order chi connectivity index (χ0) is 17.7. The van der Waals surface area contributed by atoms with Gasteiger partial charge in [-0.05, 0) is 48.6 Å². The second-order valence-electron chi connectivity index (χ2n) is 8.11. The Morgan fingerprint density at radius 3 is 2.42 bits per heavy atom. The van der Waals surface area contributed by atoms with E-state index in [1.54, 1.807) is 0 Å². The van der Waals surface area contributed by atoms with Gasteiger partial charge in [0.15, 0.2) is 0 Å². The quantitative estimate of drug-likeness (QED) is 0.684. The summed E-state index contributed by atoms with van der Waals surface area (Å²) < 4.78 is 20.1. The highest BCUT2D eigenvalue weighted by Crippen LogP contribution is 2.48. The van der Waals surface area contributed by atoms with Crippen LogP contribution in [0.5, 0.6) is 0 Å². The number of benzene rings is 1. The van der Waals surface area contributed by atoms with Gasteiger partial charge in [-0.25, -0.2) is 5.09 Å². The van der Waals surface area contributed by atoms with Crippen LogP contribution in [0.4, 0.5) is 0 Å². The second kappa shape index (κ2) is 8.65. The Kier molecular flexibility index (Phi) is 7.10. The number of nitrogens with one attached hydrogen (secondary N) is 1. The van der Waals surface area contributed by atoms with E-state index in [1.807, 2.05) is 30.3 Å². The molecule has 0 heterocycles. The van der Waals surface area contributed by atoms with Gasteiger partial charge in [-0.1, -0.05) is 59.2 Å². The molecule has 0 radical (unpaired) electrons. The van der Waals surface area contributed by atoms with Crippen molar-refractivity contribution in [3.8, 4) is 0 Å². The van der Waals surface area contributed by atoms with Crippen LogP contribution in [-0.4, -0.2) is 12.6 Å². The predicted octanol–water partition coefficient (Wildman–Crippen LogP) is 5.23. The van der Waals surface area contributed by atoms with Gasteiger partial charge in [0, 0.05) is 6.54 Å². The summed E-state index contributed by atoms with van der Waals surface area (Å²) in [7, 11) is -3.05. The molecule has 0 spiro atoms. The van der Waals surface area contributed by atoms with Crippen molar-refractivity contribution in [2.45, 2.75) is 60.0 Å². The van der Waals surface area contributed by atoms with E-state index in [1.165, 1.54) is 12.8 Å². The Balaban J connectivity index is 2.24. The third-order valence-corrected chi connectivity index (χ3v) is 7.19. The minimum absolute atomic E-state index is 0.0689. The van der Waals surface area contributed by atoms with Gasteiger partial charge in [-0.15, -0.1) is 0 Å². The Hall–Kier alpha value is -0.630. The maximum atomic E-state index is 13.7. The highest BCUT2D eigenvalue weighted by Gasteiger charge is 2.37. The Labute approximate surface area is 148 Å². The molecule has 4 heteroatoms. The van der Waals surface area contributed by atoms with E-state index in [2.05, 4.69) is 39.7 Å². The lowest BCUT2D eigenvalue weighted by Crippen LogP contribution is -2.37. The van der Waals surface area contributed by atoms with Crippen LogP contribution in [-0.2, 0) is 9.09 Å². The first kappa shape index (κ1) is 19.7. The molecule has 1 N–H and O–H groups in total. The van der Waals surface area contributed by atoms with Gasteiger partial charge in [-0.2, -0.15) is 0 Å². The van der Waals surface area contributed by atoms with Crippen molar-refractivity contribution < 1.29 is 9.09 Å². The molecule has 2 rings (SSSR count). The van der Waals surface area contributed by atoms with Gasteiger partial charge in [-0.3, -0.25) is 4.57 Å². The van der Waals surface area contributed by atoms with Gasteiger partial charge in [0.25, 0.3) is 7.52 Å². The summed E-state index contributed by atoms with van der Waals surface area (Å²) in [5.74, 6) is 2.10. The lowest BCUT2D eigenvalue weighted by atomic mass is 9.75. The van der Waals surface area contributed by atoms with Crippen molar-refractivity contribution in [1.29, 1.82) is 0 Å². The van der Waals surface area contributed by atoms with E-state index in [4.69, 9.17) is 4.52 Å². The van der Waals surface area contributed by atoms with Gasteiger partial charge in [0.1, 0.15) is 0 Å². The van der Waals surface area contributed by atoms with Gasteiger partial charge in [0.2, 0.25) is 0 Å². The monoisotopic (exact) mass is 351 g/mol. The minimum atomic E-state index is -3.05. The fourth-order valence-electron chi connectivity index (χ4n) is 3.54. The molecule has 1 aliphatic rings. The fraction of sp³-hybridized carbons (Fsp3) is 0.700. The first-order valence-corrected chi connectivity index (χ1v) is 11.0. The molecule has 24 heavy (non-hydrogen) atoms. The van der Waals surface area contributed by atoms with E-state index in [-0.39, 0.29) is 6.10 Å². The highest BCUT2D eigenvalue weighted by atomic mass is 31.2. The first-order chi connectivity index (χ1) is 11.3. The Bertz CT molecular complexity index is 544. The predicted molar refractivity (Wildman–Crippen MR) is 103 cm³/mol. The molecule has 1 aromatic carbocycles. The van der Waals surface area contributed by atoms with Crippen molar-refractivity contribution in [3.05, 3.63) is 30.3 Å². The molecule has 1 fully saturated rings. The summed E-state index contributed by atoms with van der Waals surface area (Å²) in [4.78, 5) is 0. The van der Waals surface area contributed by atoms with Gasteiger partial charge < -0.3 is 4.52 Å². The summed E-state index contributed by atoms with van der Waals surface area (Å²) in [6.45, 7) is 11.7. The lowest BCUT2D eigenvalue weighted by Gasteiger charge is -2.39. The number of rotatable bonds is 7. The van der Waals surface area contributed by atoms with E-state index >= 15 is 0 Å². The normalized spacial score (nSPS) is 27.4. The third kappa shape index (κ3) is 5.18. The van der Waals surface area contributed by atoms with Crippen molar-refractivity contribution in [2.24, 2.45) is 23.7 Å². The fourth-order valence-corrected chi connectivity index (χ4v) is 5.72. The van der Waals surface area contributed by atoms with Crippen molar-refractivity contribution in [1.82, 2.24) is 5.09 Å². The van der Waals surface area contributed by atoms with Crippen molar-refractivity contribution in [3.63, 3.8) is 0 Å². The van der Waals surface area contributed by atoms with Crippen molar-refractivity contribution in [2.75, 3.05) is 6.54 Å². The maximum Gasteiger partial charge on any atom is 0.299 e. The van der Waals surface area contributed by atoms with Crippen LogP contribution in [0.15, 0.2) is 30.3 Å². The average Bonchev–Trinajstić information content (AvgIpc) is 2.53. The Morgan fingerprint density at radius 1 is 1.17 bits per heavy atom. The van der Waals surface area contributed by atoms with Gasteiger partial charge in [0.05, 0.1) is 11.4 Å². The van der Waals surface area contributed by atoms with Crippen LogP contribution in [0.1, 0.15) is 53.9 Å². The molecule has 0 unspecified atom stereocenters. The van der Waals surface area contributed by atoms with Crippen LogP contribution < -0.4 is 10.4 Å². The van der Waals surface area contributed by atoms with Crippen LogP contribution in [0.25, 0.3) is 0 Å². The third-order valence-electron chi connectivity index (χ3n) is 5.05. The summed E-state index contributed by atoms with van der Waals surface area (Å²) in [6, 6.07) is 9.67. The first-order valence-electron chi connectivity index (χ1n) is 9.41. The van der Waals surface area contributed by atoms with E-state index in [0.29, 0.717) is 30.2 Å². The van der Waals surface area contributed by atoms with E-state index < -0.39 is 7.52 Å². The average molecular weight is 351 g/mol. The lowest BCUT2D eigenvalue weighted by molar-refractivity contribution is 0.0482. The molecule has 0 aliphatic heterocycles. The summed E-state index contributed by atoms with van der Waals surface area (Å²) in [6.07, 6.45) is 3.49. The largest absolute Gasteiger partial charge is 0.311 e. The summed E-state index contributed by atoms with van der Waals surface area (Å²) in [5, 5.41) is 4.05. The summed E-state index contributed by atoms with van der Waals surface area (Å²) in [5.41, 5.74) is 0. The van der Waals surface area contributed by atoms with Crippen LogP contribution >= 0.6 is 7.52 Å². The molecule has 3 nitrogen and oxygen atoms in total. The maximum absolute atomic E-state index is 13.7. The van der Waals surface area contributed by atoms with Crippen LogP contribution in [0.3, 0.4) is 0 Å². The number of hydrogen-bond acceptors (Lipinski definition) is 2. The topological polar surface area (TPSA) is 38.3 Å². The second-order valence-corrected chi connectivity index (χ2v) is 10.3. The molecular weight excluding hydrogens is 317 g/mol. The standard InChI is InChI=1S/C20H34NO2P/c1-15(2)14-21-24(22,18-9-7-6-8-10-18)23-20-13-17(5)11-12-19(20)16(3)4/h6-10,15-17,19-20H,11-14H2,1-5H3,(H,21,22)/t17-,19-,20-,24-/m1/s1. The van der Waals surface area contributed by atoms with Crippen LogP contribution in [0.2, 0.25) is 0 Å². The zero-order valence-corrected chi connectivity index (χ0v) is 16.8. The zero-order valence-electron chi connectivity index (χ0n) is 15.9. The smallest absolute Gasteiger partial charge is 0.299 e. The SMILES string of the molecule is CC(C)CN[P@](=O)(O[C@@H]1C[C@H](C)CC[C@@H]1C(C)C)c1ccccc1. The Morgan fingerprint density at radius 2 is 1.83 bits per heavy atom. The molecule has 1 aromatic rings. The molecule has 0 bridgehead atoms. The molecule has 0 amide bonds. The highest BCUT2D eigenvalue weighted by molar-refractivity contribution is 7.65. The minimum Gasteiger partial charge on any atom is -0.311 e. The summed E-state index contributed by atoms with van der Waals surface area (Å²) >= 11 is 0. The number of hydrogen-bond donors (Lipinski definition) is 1. The molecule has 1 saturated carbocycles. The molecule has 0 saturated heterocycles. The van der Waals surface area contributed by atoms with Gasteiger partial charge >= 0.3 is 0 Å². The van der Waals surface area contributed by atoms with E-state index in [0.717, 1.165) is 11.7 Å². The molecule has 0 aromatic heterocycles. The molecule has 1 aliphatic carbocycles.